The van der Waals surface area contributed by atoms with E-state index in [9.17, 15) is 8.42 Å². The van der Waals surface area contributed by atoms with Gasteiger partial charge in [-0.3, -0.25) is 4.72 Å². The molecular formula is C14H14ClNO2S. The van der Waals surface area contributed by atoms with Gasteiger partial charge in [-0.2, -0.15) is 0 Å². The Labute approximate surface area is 118 Å². The summed E-state index contributed by atoms with van der Waals surface area (Å²) >= 11 is 5.84. The highest BCUT2D eigenvalue weighted by molar-refractivity contribution is 7.91. The topological polar surface area (TPSA) is 46.2 Å². The monoisotopic (exact) mass is 295 g/mol. The smallest absolute Gasteiger partial charge is 0.236 e. The molecule has 3 nitrogen and oxygen atoms in total. The Kier molecular flexibility index (Phi) is 4.12. The van der Waals surface area contributed by atoms with E-state index in [4.69, 9.17) is 11.6 Å². The molecular weight excluding hydrogens is 282 g/mol. The van der Waals surface area contributed by atoms with Crippen molar-refractivity contribution in [2.45, 2.75) is 12.7 Å². The minimum atomic E-state index is -3.42. The van der Waals surface area contributed by atoms with Gasteiger partial charge in [0, 0.05) is 5.02 Å². The van der Waals surface area contributed by atoms with Gasteiger partial charge in [0.25, 0.3) is 0 Å². The van der Waals surface area contributed by atoms with Crippen LogP contribution in [-0.2, 0) is 15.8 Å². The number of sulfonamides is 1. The third-order valence-corrected chi connectivity index (χ3v) is 4.13. The molecule has 0 unspecified atom stereocenters. The first kappa shape index (κ1) is 13.9. The van der Waals surface area contributed by atoms with Crippen molar-refractivity contribution in [3.05, 3.63) is 64.7 Å². The van der Waals surface area contributed by atoms with Gasteiger partial charge in [-0.1, -0.05) is 41.9 Å². The molecule has 0 aliphatic carbocycles. The molecule has 0 aromatic heterocycles. The molecule has 0 spiro atoms. The van der Waals surface area contributed by atoms with Crippen LogP contribution in [0.2, 0.25) is 5.02 Å². The molecule has 0 heterocycles. The summed E-state index contributed by atoms with van der Waals surface area (Å²) in [4.78, 5) is 0. The Morgan fingerprint density at radius 2 is 1.79 bits per heavy atom. The van der Waals surface area contributed by atoms with Gasteiger partial charge in [-0.15, -0.1) is 0 Å². The van der Waals surface area contributed by atoms with Crippen molar-refractivity contribution in [3.63, 3.8) is 0 Å². The average molecular weight is 296 g/mol. The Morgan fingerprint density at radius 1 is 1.11 bits per heavy atom. The van der Waals surface area contributed by atoms with Gasteiger partial charge < -0.3 is 0 Å². The predicted octanol–water partition coefficient (Wildman–Crippen LogP) is 3.59. The number of hydrogen-bond acceptors (Lipinski definition) is 2. The minimum absolute atomic E-state index is 0.0457. The lowest BCUT2D eigenvalue weighted by Gasteiger charge is -2.10. The molecule has 100 valence electrons. The second-order valence-electron chi connectivity index (χ2n) is 4.31. The molecule has 0 atom stereocenters. The van der Waals surface area contributed by atoms with Gasteiger partial charge >= 0.3 is 0 Å². The summed E-state index contributed by atoms with van der Waals surface area (Å²) in [6, 6.07) is 14.1. The van der Waals surface area contributed by atoms with Crippen LogP contribution in [0.3, 0.4) is 0 Å². The van der Waals surface area contributed by atoms with Crippen molar-refractivity contribution in [2.75, 3.05) is 4.72 Å². The van der Waals surface area contributed by atoms with Gasteiger partial charge in [0.05, 0.1) is 11.4 Å². The zero-order valence-corrected chi connectivity index (χ0v) is 12.0. The molecule has 2 aromatic rings. The lowest BCUT2D eigenvalue weighted by molar-refractivity contribution is 0.600. The zero-order chi connectivity index (χ0) is 13.9. The molecule has 0 fully saturated rings. The highest BCUT2D eigenvalue weighted by Gasteiger charge is 2.12. The fraction of sp³-hybridized carbons (Fsp3) is 0.143. The maximum atomic E-state index is 12.1. The van der Waals surface area contributed by atoms with Crippen LogP contribution in [-0.4, -0.2) is 8.42 Å². The van der Waals surface area contributed by atoms with Crippen LogP contribution in [0.4, 0.5) is 5.69 Å². The molecule has 0 aliphatic rings. The maximum absolute atomic E-state index is 12.1. The number of hydrogen-bond donors (Lipinski definition) is 1. The lowest BCUT2D eigenvalue weighted by atomic mass is 10.2. The molecule has 5 heteroatoms. The van der Waals surface area contributed by atoms with Crippen LogP contribution in [0.5, 0.6) is 0 Å². The number of nitrogens with one attached hydrogen (secondary N) is 1. The standard InChI is InChI=1S/C14H14ClNO2S/c1-11-9-13(15)7-8-14(11)16-19(17,18)10-12-5-3-2-4-6-12/h2-9,16H,10H2,1H3. The van der Waals surface area contributed by atoms with E-state index in [1.54, 1.807) is 30.3 Å². The van der Waals surface area contributed by atoms with Gasteiger partial charge in [-0.25, -0.2) is 8.42 Å². The van der Waals surface area contributed by atoms with Gasteiger partial charge in [0.1, 0.15) is 0 Å². The number of aryl methyl sites for hydroxylation is 1. The Morgan fingerprint density at radius 3 is 2.42 bits per heavy atom. The van der Waals surface area contributed by atoms with Crippen molar-refractivity contribution in [1.82, 2.24) is 0 Å². The second kappa shape index (κ2) is 5.63. The van der Waals surface area contributed by atoms with Crippen molar-refractivity contribution >= 4 is 27.3 Å². The van der Waals surface area contributed by atoms with E-state index in [-0.39, 0.29) is 5.75 Å². The Hall–Kier alpha value is -1.52. The van der Waals surface area contributed by atoms with Gasteiger partial charge in [-0.05, 0) is 36.2 Å². The predicted molar refractivity (Wildman–Crippen MR) is 78.9 cm³/mol. The van der Waals surface area contributed by atoms with E-state index in [1.165, 1.54) is 0 Å². The van der Waals surface area contributed by atoms with Gasteiger partial charge in [0.2, 0.25) is 10.0 Å². The van der Waals surface area contributed by atoms with Crippen LogP contribution in [0.25, 0.3) is 0 Å². The molecule has 0 saturated heterocycles. The number of benzene rings is 2. The molecule has 0 radical (unpaired) electrons. The fourth-order valence-corrected chi connectivity index (χ4v) is 3.23. The summed E-state index contributed by atoms with van der Waals surface area (Å²) in [5, 5.41) is 0.587. The Bertz CT molecular complexity index is 669. The zero-order valence-electron chi connectivity index (χ0n) is 10.4. The molecule has 0 amide bonds. The van der Waals surface area contributed by atoms with Crippen LogP contribution in [0, 0.1) is 6.92 Å². The van der Waals surface area contributed by atoms with Crippen molar-refractivity contribution in [1.29, 1.82) is 0 Å². The highest BCUT2D eigenvalue weighted by atomic mass is 35.5. The summed E-state index contributed by atoms with van der Waals surface area (Å²) in [5.74, 6) is -0.0457. The average Bonchev–Trinajstić information content (AvgIpc) is 2.33. The van der Waals surface area contributed by atoms with Crippen LogP contribution < -0.4 is 4.72 Å². The van der Waals surface area contributed by atoms with Crippen molar-refractivity contribution in [3.8, 4) is 0 Å². The molecule has 0 saturated carbocycles. The van der Waals surface area contributed by atoms with Crippen LogP contribution in [0.1, 0.15) is 11.1 Å². The first-order valence-corrected chi connectivity index (χ1v) is 7.80. The highest BCUT2D eigenvalue weighted by Crippen LogP contribution is 2.21. The molecule has 2 aromatic carbocycles. The number of rotatable bonds is 4. The minimum Gasteiger partial charge on any atom is -0.283 e. The van der Waals surface area contributed by atoms with E-state index in [2.05, 4.69) is 4.72 Å². The molecule has 2 rings (SSSR count). The van der Waals surface area contributed by atoms with E-state index in [1.807, 2.05) is 25.1 Å². The Balaban J connectivity index is 2.17. The van der Waals surface area contributed by atoms with E-state index in [0.29, 0.717) is 10.7 Å². The first-order chi connectivity index (χ1) is 8.96. The van der Waals surface area contributed by atoms with Crippen LogP contribution >= 0.6 is 11.6 Å². The number of halogens is 1. The number of anilines is 1. The van der Waals surface area contributed by atoms with Crippen molar-refractivity contribution < 1.29 is 8.42 Å². The summed E-state index contributed by atoms with van der Waals surface area (Å²) in [6.07, 6.45) is 0. The summed E-state index contributed by atoms with van der Waals surface area (Å²) in [5.41, 5.74) is 2.10. The first-order valence-electron chi connectivity index (χ1n) is 5.77. The maximum Gasteiger partial charge on any atom is 0.236 e. The summed E-state index contributed by atoms with van der Waals surface area (Å²) < 4.78 is 26.7. The quantitative estimate of drug-likeness (QED) is 0.937. The lowest BCUT2D eigenvalue weighted by Crippen LogP contribution is -2.15. The van der Waals surface area contributed by atoms with E-state index >= 15 is 0 Å². The molecule has 0 aliphatic heterocycles. The SMILES string of the molecule is Cc1cc(Cl)ccc1NS(=O)(=O)Cc1ccccc1. The molecule has 1 N–H and O–H groups in total. The molecule has 0 bridgehead atoms. The summed E-state index contributed by atoms with van der Waals surface area (Å²) in [6.45, 7) is 1.81. The second-order valence-corrected chi connectivity index (χ2v) is 6.46. The molecule has 19 heavy (non-hydrogen) atoms. The normalized spacial score (nSPS) is 11.3. The third kappa shape index (κ3) is 3.98. The van der Waals surface area contributed by atoms with Gasteiger partial charge in [0.15, 0.2) is 0 Å². The summed E-state index contributed by atoms with van der Waals surface area (Å²) in [7, 11) is -3.42. The van der Waals surface area contributed by atoms with E-state index in [0.717, 1.165) is 11.1 Å². The third-order valence-electron chi connectivity index (χ3n) is 2.65. The fourth-order valence-electron chi connectivity index (χ4n) is 1.74. The van der Waals surface area contributed by atoms with Crippen LogP contribution in [0.15, 0.2) is 48.5 Å². The largest absolute Gasteiger partial charge is 0.283 e. The van der Waals surface area contributed by atoms with Crippen molar-refractivity contribution in [2.24, 2.45) is 0 Å². The van der Waals surface area contributed by atoms with E-state index < -0.39 is 10.0 Å².